The minimum Gasteiger partial charge on any atom is -0.303 e. The lowest BCUT2D eigenvalue weighted by Gasteiger charge is -2.22. The van der Waals surface area contributed by atoms with Gasteiger partial charge >= 0.3 is 0 Å². The maximum absolute atomic E-state index is 2.73. The van der Waals surface area contributed by atoms with Crippen LogP contribution in [-0.4, -0.2) is 24.5 Å². The Kier molecular flexibility index (Phi) is 13.9. The summed E-state index contributed by atoms with van der Waals surface area (Å²) in [6.07, 6.45) is 12.5. The Morgan fingerprint density at radius 2 is 1.00 bits per heavy atom. The molecule has 0 unspecified atom stereocenters. The van der Waals surface area contributed by atoms with E-state index in [1.54, 1.807) is 0 Å². The quantitative estimate of drug-likeness (QED) is 0.346. The second kappa shape index (κ2) is 13.9. The standard InChI is InChI=1S/C19H41N/c1-6-7-10-15-20(16-11-8-13-18(2)3)17-12-9-14-19(4)5/h18-19H,6-17H2,1-5H3. The van der Waals surface area contributed by atoms with E-state index in [1.807, 2.05) is 0 Å². The highest BCUT2D eigenvalue weighted by Crippen LogP contribution is 2.10. The first kappa shape index (κ1) is 20.0. The van der Waals surface area contributed by atoms with Crippen molar-refractivity contribution in [3.8, 4) is 0 Å². The van der Waals surface area contributed by atoms with Gasteiger partial charge in [0, 0.05) is 0 Å². The van der Waals surface area contributed by atoms with E-state index in [9.17, 15) is 0 Å². The van der Waals surface area contributed by atoms with Crippen molar-refractivity contribution in [3.05, 3.63) is 0 Å². The third-order valence-corrected chi connectivity index (χ3v) is 4.09. The van der Waals surface area contributed by atoms with Gasteiger partial charge in [0.05, 0.1) is 0 Å². The molecule has 1 heteroatoms. The highest BCUT2D eigenvalue weighted by molar-refractivity contribution is 4.60. The van der Waals surface area contributed by atoms with Crippen molar-refractivity contribution in [1.82, 2.24) is 4.90 Å². The van der Waals surface area contributed by atoms with Crippen LogP contribution in [0.25, 0.3) is 0 Å². The van der Waals surface area contributed by atoms with Crippen LogP contribution in [-0.2, 0) is 0 Å². The lowest BCUT2D eigenvalue weighted by Crippen LogP contribution is -2.27. The largest absolute Gasteiger partial charge is 0.303 e. The predicted octanol–water partition coefficient (Wildman–Crippen LogP) is 6.13. The average Bonchev–Trinajstić information content (AvgIpc) is 2.38. The topological polar surface area (TPSA) is 3.24 Å². The summed E-state index contributed by atoms with van der Waals surface area (Å²) in [5.74, 6) is 1.74. The predicted molar refractivity (Wildman–Crippen MR) is 93.3 cm³/mol. The molecule has 0 spiro atoms. The zero-order valence-corrected chi connectivity index (χ0v) is 15.1. The summed E-state index contributed by atoms with van der Waals surface area (Å²) in [7, 11) is 0. The van der Waals surface area contributed by atoms with Gasteiger partial charge in [-0.2, -0.15) is 0 Å². The van der Waals surface area contributed by atoms with E-state index in [1.165, 1.54) is 77.4 Å². The fourth-order valence-electron chi connectivity index (χ4n) is 2.70. The molecule has 1 nitrogen and oxygen atoms in total. The molecule has 0 rings (SSSR count). The van der Waals surface area contributed by atoms with Crippen LogP contribution in [0, 0.1) is 11.8 Å². The van der Waals surface area contributed by atoms with Crippen molar-refractivity contribution in [2.75, 3.05) is 19.6 Å². The van der Waals surface area contributed by atoms with Gasteiger partial charge in [-0.3, -0.25) is 0 Å². The summed E-state index contributed by atoms with van der Waals surface area (Å²) < 4.78 is 0. The van der Waals surface area contributed by atoms with Gasteiger partial charge in [-0.05, 0) is 50.7 Å². The third kappa shape index (κ3) is 14.4. The van der Waals surface area contributed by atoms with Gasteiger partial charge in [0.2, 0.25) is 0 Å². The van der Waals surface area contributed by atoms with Crippen LogP contribution in [0.4, 0.5) is 0 Å². The lowest BCUT2D eigenvalue weighted by atomic mass is 10.1. The molecule has 0 aliphatic heterocycles. The maximum Gasteiger partial charge on any atom is -0.00187 e. The number of hydrogen-bond donors (Lipinski definition) is 0. The van der Waals surface area contributed by atoms with Crippen LogP contribution in [0.3, 0.4) is 0 Å². The molecular weight excluding hydrogens is 242 g/mol. The Hall–Kier alpha value is -0.0400. The Bertz CT molecular complexity index is 170. The Morgan fingerprint density at radius 3 is 1.35 bits per heavy atom. The average molecular weight is 284 g/mol. The van der Waals surface area contributed by atoms with Crippen LogP contribution in [0.1, 0.15) is 92.4 Å². The molecule has 0 N–H and O–H groups in total. The smallest absolute Gasteiger partial charge is 0.00187 e. The SMILES string of the molecule is CCCCCN(CCCCC(C)C)CCCCC(C)C. The Labute approximate surface area is 129 Å². The number of hydrogen-bond acceptors (Lipinski definition) is 1. The van der Waals surface area contributed by atoms with E-state index in [4.69, 9.17) is 0 Å². The highest BCUT2D eigenvalue weighted by atomic mass is 15.1. The fraction of sp³-hybridized carbons (Fsp3) is 1.00. The molecule has 0 aliphatic rings. The number of rotatable bonds is 14. The van der Waals surface area contributed by atoms with Gasteiger partial charge in [-0.25, -0.2) is 0 Å². The van der Waals surface area contributed by atoms with E-state index in [2.05, 4.69) is 39.5 Å². The zero-order chi connectivity index (χ0) is 15.2. The van der Waals surface area contributed by atoms with Gasteiger partial charge in [0.1, 0.15) is 0 Å². The summed E-state index contributed by atoms with van der Waals surface area (Å²) in [5.41, 5.74) is 0. The van der Waals surface area contributed by atoms with Crippen LogP contribution in [0.15, 0.2) is 0 Å². The molecule has 0 aliphatic carbocycles. The molecule has 0 atom stereocenters. The lowest BCUT2D eigenvalue weighted by molar-refractivity contribution is 0.252. The molecule has 0 aromatic heterocycles. The molecule has 0 saturated heterocycles. The molecule has 0 bridgehead atoms. The molecule has 0 aromatic rings. The van der Waals surface area contributed by atoms with Crippen molar-refractivity contribution in [1.29, 1.82) is 0 Å². The molecule has 0 fully saturated rings. The van der Waals surface area contributed by atoms with E-state index >= 15 is 0 Å². The second-order valence-corrected chi connectivity index (χ2v) is 7.33. The van der Waals surface area contributed by atoms with Crippen molar-refractivity contribution < 1.29 is 0 Å². The van der Waals surface area contributed by atoms with Gasteiger partial charge in [0.15, 0.2) is 0 Å². The molecule has 122 valence electrons. The summed E-state index contributed by atoms with van der Waals surface area (Å²) in [4.78, 5) is 2.73. The zero-order valence-electron chi connectivity index (χ0n) is 15.1. The minimum atomic E-state index is 0.870. The van der Waals surface area contributed by atoms with E-state index in [-0.39, 0.29) is 0 Å². The minimum absolute atomic E-state index is 0.870. The molecule has 0 amide bonds. The van der Waals surface area contributed by atoms with Gasteiger partial charge < -0.3 is 4.90 Å². The molecule has 0 aromatic carbocycles. The highest BCUT2D eigenvalue weighted by Gasteiger charge is 2.05. The first-order valence-corrected chi connectivity index (χ1v) is 9.28. The fourth-order valence-corrected chi connectivity index (χ4v) is 2.70. The summed E-state index contributed by atoms with van der Waals surface area (Å²) in [6, 6.07) is 0. The molecule has 0 heterocycles. The van der Waals surface area contributed by atoms with Crippen LogP contribution in [0.2, 0.25) is 0 Å². The van der Waals surface area contributed by atoms with E-state index in [0.717, 1.165) is 11.8 Å². The summed E-state index contributed by atoms with van der Waals surface area (Å²) in [5, 5.41) is 0. The summed E-state index contributed by atoms with van der Waals surface area (Å²) in [6.45, 7) is 15.6. The Balaban J connectivity index is 3.75. The van der Waals surface area contributed by atoms with Crippen LogP contribution >= 0.6 is 0 Å². The number of nitrogens with zero attached hydrogens (tertiary/aromatic N) is 1. The van der Waals surface area contributed by atoms with Crippen molar-refractivity contribution in [3.63, 3.8) is 0 Å². The van der Waals surface area contributed by atoms with Gasteiger partial charge in [-0.15, -0.1) is 0 Å². The van der Waals surface area contributed by atoms with Crippen LogP contribution < -0.4 is 0 Å². The van der Waals surface area contributed by atoms with E-state index < -0.39 is 0 Å². The van der Waals surface area contributed by atoms with Gasteiger partial charge in [-0.1, -0.05) is 73.1 Å². The van der Waals surface area contributed by atoms with Crippen molar-refractivity contribution in [2.45, 2.75) is 92.4 Å². The number of unbranched alkanes of at least 4 members (excludes halogenated alkanes) is 4. The van der Waals surface area contributed by atoms with Crippen LogP contribution in [0.5, 0.6) is 0 Å². The van der Waals surface area contributed by atoms with Crippen molar-refractivity contribution >= 4 is 0 Å². The van der Waals surface area contributed by atoms with E-state index in [0.29, 0.717) is 0 Å². The molecule has 0 saturated carbocycles. The second-order valence-electron chi connectivity index (χ2n) is 7.33. The third-order valence-electron chi connectivity index (χ3n) is 4.09. The molecule has 0 radical (unpaired) electrons. The maximum atomic E-state index is 2.73. The summed E-state index contributed by atoms with van der Waals surface area (Å²) >= 11 is 0. The molecule has 20 heavy (non-hydrogen) atoms. The monoisotopic (exact) mass is 283 g/mol. The first-order chi connectivity index (χ1) is 9.56. The molecular formula is C19H41N. The van der Waals surface area contributed by atoms with Crippen molar-refractivity contribution in [2.24, 2.45) is 11.8 Å². The first-order valence-electron chi connectivity index (χ1n) is 9.28. The normalized spacial score (nSPS) is 12.0. The Morgan fingerprint density at radius 1 is 0.600 bits per heavy atom. The van der Waals surface area contributed by atoms with Gasteiger partial charge in [0.25, 0.3) is 0 Å².